The lowest BCUT2D eigenvalue weighted by molar-refractivity contribution is 0.0162. The molecule has 1 aromatic carbocycles. The Morgan fingerprint density at radius 3 is 2.48 bits per heavy atom. The molecule has 0 saturated carbocycles. The van der Waals surface area contributed by atoms with E-state index < -0.39 is 0 Å². The van der Waals surface area contributed by atoms with Gasteiger partial charge in [-0.1, -0.05) is 56.3 Å². The Morgan fingerprint density at radius 1 is 1.09 bits per heavy atom. The molecule has 1 fully saturated rings. The molecule has 130 valence electrons. The van der Waals surface area contributed by atoms with Crippen LogP contribution in [0.2, 0.25) is 5.02 Å². The SMILES string of the molecule is CCCCCCCNCC(c1ccc(Cl)cc1)N1CCOCC1. The fourth-order valence-corrected chi connectivity index (χ4v) is 3.25. The highest BCUT2D eigenvalue weighted by Crippen LogP contribution is 2.23. The number of morpholine rings is 1. The molecule has 0 amide bonds. The second kappa shape index (κ2) is 11.0. The third kappa shape index (κ3) is 6.80. The molecule has 3 nitrogen and oxygen atoms in total. The van der Waals surface area contributed by atoms with Crippen LogP contribution in [0.4, 0.5) is 0 Å². The van der Waals surface area contributed by atoms with Crippen LogP contribution in [0, 0.1) is 0 Å². The quantitative estimate of drug-likeness (QED) is 0.645. The Morgan fingerprint density at radius 2 is 1.78 bits per heavy atom. The first-order valence-electron chi connectivity index (χ1n) is 9.09. The minimum atomic E-state index is 0.409. The van der Waals surface area contributed by atoms with Crippen molar-refractivity contribution in [2.24, 2.45) is 0 Å². The molecule has 1 aliphatic rings. The summed E-state index contributed by atoms with van der Waals surface area (Å²) < 4.78 is 5.50. The van der Waals surface area contributed by atoms with E-state index in [0.717, 1.165) is 44.4 Å². The van der Waals surface area contributed by atoms with E-state index in [1.165, 1.54) is 37.7 Å². The van der Waals surface area contributed by atoms with E-state index in [4.69, 9.17) is 16.3 Å². The molecule has 2 rings (SSSR count). The van der Waals surface area contributed by atoms with E-state index in [9.17, 15) is 0 Å². The largest absolute Gasteiger partial charge is 0.379 e. The summed E-state index contributed by atoms with van der Waals surface area (Å²) in [5, 5.41) is 4.46. The van der Waals surface area contributed by atoms with Gasteiger partial charge in [0.15, 0.2) is 0 Å². The average molecular weight is 339 g/mol. The van der Waals surface area contributed by atoms with Gasteiger partial charge in [0, 0.05) is 30.7 Å². The topological polar surface area (TPSA) is 24.5 Å². The smallest absolute Gasteiger partial charge is 0.0594 e. The van der Waals surface area contributed by atoms with Crippen molar-refractivity contribution >= 4 is 11.6 Å². The van der Waals surface area contributed by atoms with Crippen LogP contribution < -0.4 is 5.32 Å². The molecule has 4 heteroatoms. The third-order valence-corrected chi connectivity index (χ3v) is 4.79. The summed E-state index contributed by atoms with van der Waals surface area (Å²) in [6.07, 6.45) is 6.65. The number of hydrogen-bond donors (Lipinski definition) is 1. The fraction of sp³-hybridized carbons (Fsp3) is 0.684. The van der Waals surface area contributed by atoms with Crippen molar-refractivity contribution in [3.63, 3.8) is 0 Å². The summed E-state index contributed by atoms with van der Waals surface area (Å²) in [4.78, 5) is 2.52. The maximum absolute atomic E-state index is 6.04. The Labute approximate surface area is 146 Å². The summed E-state index contributed by atoms with van der Waals surface area (Å²) in [7, 11) is 0. The zero-order chi connectivity index (χ0) is 16.3. The predicted octanol–water partition coefficient (Wildman–Crippen LogP) is 4.27. The summed E-state index contributed by atoms with van der Waals surface area (Å²) >= 11 is 6.04. The van der Waals surface area contributed by atoms with Crippen LogP contribution >= 0.6 is 11.6 Å². The Hall–Kier alpha value is -0.610. The highest BCUT2D eigenvalue weighted by Gasteiger charge is 2.22. The van der Waals surface area contributed by atoms with E-state index in [0.29, 0.717) is 6.04 Å². The van der Waals surface area contributed by atoms with Gasteiger partial charge in [-0.2, -0.15) is 0 Å². The zero-order valence-corrected chi connectivity index (χ0v) is 15.2. The number of hydrogen-bond acceptors (Lipinski definition) is 3. The minimum Gasteiger partial charge on any atom is -0.379 e. The van der Waals surface area contributed by atoms with E-state index >= 15 is 0 Å². The van der Waals surface area contributed by atoms with Gasteiger partial charge in [-0.3, -0.25) is 4.90 Å². The second-order valence-electron chi connectivity index (χ2n) is 6.33. The van der Waals surface area contributed by atoms with Gasteiger partial charge in [-0.05, 0) is 30.7 Å². The molecule has 1 saturated heterocycles. The second-order valence-corrected chi connectivity index (χ2v) is 6.77. The fourth-order valence-electron chi connectivity index (χ4n) is 3.12. The van der Waals surface area contributed by atoms with Gasteiger partial charge in [0.05, 0.1) is 13.2 Å². The number of rotatable bonds is 10. The average Bonchev–Trinajstić information content (AvgIpc) is 2.59. The molecule has 0 radical (unpaired) electrons. The van der Waals surface area contributed by atoms with Crippen LogP contribution in [0.5, 0.6) is 0 Å². The van der Waals surface area contributed by atoms with Crippen LogP contribution in [0.25, 0.3) is 0 Å². The first-order chi connectivity index (χ1) is 11.3. The van der Waals surface area contributed by atoms with Crippen LogP contribution in [0.15, 0.2) is 24.3 Å². The number of ether oxygens (including phenoxy) is 1. The maximum atomic E-state index is 6.04. The lowest BCUT2D eigenvalue weighted by atomic mass is 10.0. The van der Waals surface area contributed by atoms with Crippen molar-refractivity contribution in [1.82, 2.24) is 10.2 Å². The lowest BCUT2D eigenvalue weighted by Gasteiger charge is -2.35. The van der Waals surface area contributed by atoms with Crippen LogP contribution in [0.1, 0.15) is 50.6 Å². The lowest BCUT2D eigenvalue weighted by Crippen LogP contribution is -2.43. The molecule has 23 heavy (non-hydrogen) atoms. The molecule has 0 bridgehead atoms. The first-order valence-corrected chi connectivity index (χ1v) is 9.47. The first kappa shape index (κ1) is 18.7. The van der Waals surface area contributed by atoms with E-state index in [1.807, 2.05) is 12.1 Å². The molecule has 0 aliphatic carbocycles. The number of halogens is 1. The van der Waals surface area contributed by atoms with Gasteiger partial charge in [0.25, 0.3) is 0 Å². The summed E-state index contributed by atoms with van der Waals surface area (Å²) in [5.74, 6) is 0. The van der Waals surface area contributed by atoms with Gasteiger partial charge in [0.2, 0.25) is 0 Å². The Bertz CT molecular complexity index is 418. The Kier molecular flexibility index (Phi) is 8.98. The number of unbranched alkanes of at least 4 members (excludes halogenated alkanes) is 4. The van der Waals surface area contributed by atoms with Gasteiger partial charge < -0.3 is 10.1 Å². The molecule has 1 aliphatic heterocycles. The molecule has 1 aromatic rings. The summed E-state index contributed by atoms with van der Waals surface area (Å²) in [6.45, 7) is 8.05. The van der Waals surface area contributed by atoms with Crippen molar-refractivity contribution < 1.29 is 4.74 Å². The van der Waals surface area contributed by atoms with Crippen molar-refractivity contribution in [1.29, 1.82) is 0 Å². The summed E-state index contributed by atoms with van der Waals surface area (Å²) in [5.41, 5.74) is 1.34. The molecule has 1 unspecified atom stereocenters. The highest BCUT2D eigenvalue weighted by molar-refractivity contribution is 6.30. The van der Waals surface area contributed by atoms with Gasteiger partial charge in [0.1, 0.15) is 0 Å². The van der Waals surface area contributed by atoms with Crippen molar-refractivity contribution in [2.75, 3.05) is 39.4 Å². The van der Waals surface area contributed by atoms with Crippen LogP contribution in [-0.2, 0) is 4.74 Å². The van der Waals surface area contributed by atoms with Gasteiger partial charge >= 0.3 is 0 Å². The molecular weight excluding hydrogens is 308 g/mol. The van der Waals surface area contributed by atoms with Gasteiger partial charge in [-0.15, -0.1) is 0 Å². The highest BCUT2D eigenvalue weighted by atomic mass is 35.5. The monoisotopic (exact) mass is 338 g/mol. The van der Waals surface area contributed by atoms with Crippen molar-refractivity contribution in [3.05, 3.63) is 34.9 Å². The van der Waals surface area contributed by atoms with Crippen molar-refractivity contribution in [3.8, 4) is 0 Å². The van der Waals surface area contributed by atoms with Gasteiger partial charge in [-0.25, -0.2) is 0 Å². The summed E-state index contributed by atoms with van der Waals surface area (Å²) in [6, 6.07) is 8.72. The van der Waals surface area contributed by atoms with E-state index in [-0.39, 0.29) is 0 Å². The van der Waals surface area contributed by atoms with E-state index in [1.54, 1.807) is 0 Å². The zero-order valence-electron chi connectivity index (χ0n) is 14.4. The molecule has 1 heterocycles. The number of nitrogens with zero attached hydrogens (tertiary/aromatic N) is 1. The Balaban J connectivity index is 1.82. The normalized spacial score (nSPS) is 17.3. The third-order valence-electron chi connectivity index (χ3n) is 4.54. The molecule has 0 aromatic heterocycles. The molecule has 1 atom stereocenters. The minimum absolute atomic E-state index is 0.409. The molecule has 0 spiro atoms. The van der Waals surface area contributed by atoms with Crippen molar-refractivity contribution in [2.45, 2.75) is 45.1 Å². The number of nitrogens with one attached hydrogen (secondary N) is 1. The van der Waals surface area contributed by atoms with E-state index in [2.05, 4.69) is 29.3 Å². The maximum Gasteiger partial charge on any atom is 0.0594 e. The predicted molar refractivity (Wildman–Crippen MR) is 98.2 cm³/mol. The van der Waals surface area contributed by atoms with Crippen LogP contribution in [-0.4, -0.2) is 44.3 Å². The molecule has 1 N–H and O–H groups in total. The standard InChI is InChI=1S/C19H31ClN2O/c1-2-3-4-5-6-11-21-16-19(22-12-14-23-15-13-22)17-7-9-18(20)10-8-17/h7-10,19,21H,2-6,11-16H2,1H3. The molecular formula is C19H31ClN2O. The number of benzene rings is 1. The van der Waals surface area contributed by atoms with Crippen LogP contribution in [0.3, 0.4) is 0 Å².